The molecule has 0 aliphatic carbocycles. The molecule has 1 aliphatic rings. The molecule has 0 saturated carbocycles. The summed E-state index contributed by atoms with van der Waals surface area (Å²) in [5, 5.41) is 4.01. The van der Waals surface area contributed by atoms with E-state index >= 15 is 0 Å². The quantitative estimate of drug-likeness (QED) is 0.934. The number of amides is 1. The van der Waals surface area contributed by atoms with E-state index in [4.69, 9.17) is 11.6 Å². The third kappa shape index (κ3) is 3.22. The normalized spacial score (nSPS) is 14.5. The second-order valence-corrected chi connectivity index (χ2v) is 5.91. The number of rotatable bonds is 4. The summed E-state index contributed by atoms with van der Waals surface area (Å²) in [5.74, 6) is 0.945. The van der Waals surface area contributed by atoms with E-state index < -0.39 is 0 Å². The summed E-state index contributed by atoms with van der Waals surface area (Å²) in [4.78, 5) is 17.9. The monoisotopic (exact) mass is 315 g/mol. The highest BCUT2D eigenvalue weighted by Crippen LogP contribution is 2.22. The van der Waals surface area contributed by atoms with Crippen LogP contribution in [0, 0.1) is 6.92 Å². The van der Waals surface area contributed by atoms with Crippen molar-refractivity contribution >= 4 is 29.0 Å². The van der Waals surface area contributed by atoms with Gasteiger partial charge in [-0.3, -0.25) is 4.79 Å². The molecule has 2 heterocycles. The Hall–Kier alpha value is -2.07. The maximum absolute atomic E-state index is 11.7. The first-order valence-corrected chi connectivity index (χ1v) is 7.76. The number of hydrogen-bond donors (Lipinski definition) is 1. The fourth-order valence-corrected chi connectivity index (χ4v) is 2.85. The smallest absolute Gasteiger partial charge is 0.227 e. The van der Waals surface area contributed by atoms with E-state index in [0.717, 1.165) is 40.6 Å². The van der Waals surface area contributed by atoms with Crippen molar-refractivity contribution < 1.29 is 4.79 Å². The van der Waals surface area contributed by atoms with Gasteiger partial charge in [-0.05, 0) is 42.7 Å². The Morgan fingerprint density at radius 3 is 2.82 bits per heavy atom. The summed E-state index contributed by atoms with van der Waals surface area (Å²) in [5.41, 5.74) is 3.04. The van der Waals surface area contributed by atoms with Crippen molar-refractivity contribution in [1.82, 2.24) is 4.98 Å². The van der Waals surface area contributed by atoms with Gasteiger partial charge in [0.15, 0.2) is 0 Å². The Morgan fingerprint density at radius 2 is 2.18 bits per heavy atom. The van der Waals surface area contributed by atoms with Crippen LogP contribution in [0.25, 0.3) is 0 Å². The van der Waals surface area contributed by atoms with E-state index in [0.29, 0.717) is 13.0 Å². The van der Waals surface area contributed by atoms with Crippen LogP contribution in [0.3, 0.4) is 0 Å². The number of aromatic nitrogens is 1. The molecule has 0 bridgehead atoms. The fourth-order valence-electron chi connectivity index (χ4n) is 2.55. The van der Waals surface area contributed by atoms with Gasteiger partial charge in [-0.2, -0.15) is 0 Å². The van der Waals surface area contributed by atoms with Gasteiger partial charge in [0.25, 0.3) is 0 Å². The predicted molar refractivity (Wildman–Crippen MR) is 89.3 cm³/mol. The molecule has 2 aromatic rings. The van der Waals surface area contributed by atoms with Gasteiger partial charge >= 0.3 is 0 Å². The lowest BCUT2D eigenvalue weighted by atomic mass is 10.1. The number of carbonyl (C=O) groups excluding carboxylic acids is 1. The van der Waals surface area contributed by atoms with E-state index in [-0.39, 0.29) is 5.91 Å². The first-order valence-electron chi connectivity index (χ1n) is 7.39. The molecule has 0 atom stereocenters. The molecule has 1 aromatic carbocycles. The molecular weight excluding hydrogens is 298 g/mol. The third-order valence-corrected chi connectivity index (χ3v) is 4.15. The Morgan fingerprint density at radius 1 is 1.32 bits per heavy atom. The number of hydrogen-bond acceptors (Lipinski definition) is 3. The van der Waals surface area contributed by atoms with Crippen LogP contribution in [0.1, 0.15) is 24.0 Å². The van der Waals surface area contributed by atoms with Crippen LogP contribution in [0.15, 0.2) is 36.5 Å². The van der Waals surface area contributed by atoms with Crippen molar-refractivity contribution in [3.05, 3.63) is 52.7 Å². The number of aryl methyl sites for hydroxylation is 1. The zero-order chi connectivity index (χ0) is 15.5. The zero-order valence-electron chi connectivity index (χ0n) is 12.5. The lowest BCUT2D eigenvalue weighted by Gasteiger charge is -2.15. The Bertz CT molecular complexity index is 685. The molecule has 22 heavy (non-hydrogen) atoms. The molecule has 0 radical (unpaired) electrons. The molecule has 5 heteroatoms. The van der Waals surface area contributed by atoms with Crippen LogP contribution < -0.4 is 10.2 Å². The van der Waals surface area contributed by atoms with Gasteiger partial charge in [0, 0.05) is 24.5 Å². The zero-order valence-corrected chi connectivity index (χ0v) is 13.2. The average Bonchev–Trinajstić information content (AvgIpc) is 2.93. The first-order chi connectivity index (χ1) is 10.6. The molecule has 114 valence electrons. The highest BCUT2D eigenvalue weighted by molar-refractivity contribution is 6.31. The van der Waals surface area contributed by atoms with Crippen LogP contribution in [-0.4, -0.2) is 17.4 Å². The molecule has 0 unspecified atom stereocenters. The van der Waals surface area contributed by atoms with Crippen molar-refractivity contribution in [3.8, 4) is 0 Å². The molecule has 1 aromatic heterocycles. The molecule has 1 amide bonds. The van der Waals surface area contributed by atoms with Crippen LogP contribution >= 0.6 is 11.6 Å². The fraction of sp³-hybridized carbons (Fsp3) is 0.294. The van der Waals surface area contributed by atoms with E-state index in [1.165, 1.54) is 0 Å². The van der Waals surface area contributed by atoms with Crippen LogP contribution in [0.4, 0.5) is 11.5 Å². The lowest BCUT2D eigenvalue weighted by Crippen LogP contribution is -2.23. The molecule has 1 aliphatic heterocycles. The van der Waals surface area contributed by atoms with Gasteiger partial charge < -0.3 is 10.2 Å². The molecule has 1 fully saturated rings. The lowest BCUT2D eigenvalue weighted by molar-refractivity contribution is -0.117. The Balaban J connectivity index is 1.65. The molecule has 4 nitrogen and oxygen atoms in total. The Labute approximate surface area is 135 Å². The van der Waals surface area contributed by atoms with Crippen LogP contribution in [0.2, 0.25) is 5.02 Å². The van der Waals surface area contributed by atoms with Gasteiger partial charge in [-0.15, -0.1) is 0 Å². The minimum atomic E-state index is 0.175. The van der Waals surface area contributed by atoms with Crippen molar-refractivity contribution in [1.29, 1.82) is 0 Å². The van der Waals surface area contributed by atoms with E-state index in [1.54, 1.807) is 11.1 Å². The SMILES string of the molecule is Cc1ccc(CNc2ccc(N3CCCC3=O)cn2)c(Cl)c1. The highest BCUT2D eigenvalue weighted by atomic mass is 35.5. The second-order valence-electron chi connectivity index (χ2n) is 5.50. The summed E-state index contributed by atoms with van der Waals surface area (Å²) in [7, 11) is 0. The van der Waals surface area contributed by atoms with Gasteiger partial charge in [-0.25, -0.2) is 4.98 Å². The maximum atomic E-state index is 11.7. The summed E-state index contributed by atoms with van der Waals surface area (Å²) in [6.45, 7) is 3.42. The van der Waals surface area contributed by atoms with E-state index in [1.807, 2.05) is 37.3 Å². The summed E-state index contributed by atoms with van der Waals surface area (Å²) < 4.78 is 0. The number of halogens is 1. The first kappa shape index (κ1) is 14.9. The number of carbonyl (C=O) groups is 1. The van der Waals surface area contributed by atoms with Crippen molar-refractivity contribution in [2.75, 3.05) is 16.8 Å². The number of pyridine rings is 1. The third-order valence-electron chi connectivity index (χ3n) is 3.80. The second kappa shape index (κ2) is 6.36. The van der Waals surface area contributed by atoms with Crippen molar-refractivity contribution in [2.24, 2.45) is 0 Å². The number of anilines is 2. The summed E-state index contributed by atoms with van der Waals surface area (Å²) in [6.07, 6.45) is 3.29. The standard InChI is InChI=1S/C17H18ClN3O/c1-12-4-5-13(15(18)9-12)10-19-16-7-6-14(11-20-16)21-8-2-3-17(21)22/h4-7,9,11H,2-3,8,10H2,1H3,(H,19,20). The van der Waals surface area contributed by atoms with Crippen LogP contribution in [-0.2, 0) is 11.3 Å². The number of nitrogens with one attached hydrogen (secondary N) is 1. The van der Waals surface area contributed by atoms with E-state index in [9.17, 15) is 4.79 Å². The van der Waals surface area contributed by atoms with Gasteiger partial charge in [0.1, 0.15) is 5.82 Å². The van der Waals surface area contributed by atoms with Crippen molar-refractivity contribution in [2.45, 2.75) is 26.3 Å². The summed E-state index contributed by atoms with van der Waals surface area (Å²) >= 11 is 6.22. The molecular formula is C17H18ClN3O. The van der Waals surface area contributed by atoms with Crippen molar-refractivity contribution in [3.63, 3.8) is 0 Å². The summed E-state index contributed by atoms with van der Waals surface area (Å²) in [6, 6.07) is 9.83. The number of benzene rings is 1. The predicted octanol–water partition coefficient (Wildman–Crippen LogP) is 3.78. The van der Waals surface area contributed by atoms with Gasteiger partial charge in [0.2, 0.25) is 5.91 Å². The highest BCUT2D eigenvalue weighted by Gasteiger charge is 2.21. The largest absolute Gasteiger partial charge is 0.366 e. The average molecular weight is 316 g/mol. The molecule has 0 spiro atoms. The maximum Gasteiger partial charge on any atom is 0.227 e. The number of nitrogens with zero attached hydrogens (tertiary/aromatic N) is 2. The van der Waals surface area contributed by atoms with Crippen LogP contribution in [0.5, 0.6) is 0 Å². The van der Waals surface area contributed by atoms with E-state index in [2.05, 4.69) is 10.3 Å². The van der Waals surface area contributed by atoms with Gasteiger partial charge in [-0.1, -0.05) is 23.7 Å². The Kier molecular flexibility index (Phi) is 4.29. The molecule has 1 saturated heterocycles. The minimum absolute atomic E-state index is 0.175. The molecule has 3 rings (SSSR count). The minimum Gasteiger partial charge on any atom is -0.366 e. The topological polar surface area (TPSA) is 45.2 Å². The van der Waals surface area contributed by atoms with Gasteiger partial charge in [0.05, 0.1) is 11.9 Å². The molecule has 1 N–H and O–H groups in total.